The third-order valence-electron chi connectivity index (χ3n) is 2.14. The lowest BCUT2D eigenvalue weighted by Crippen LogP contribution is -2.15. The van der Waals surface area contributed by atoms with E-state index in [1.807, 2.05) is 0 Å². The Labute approximate surface area is 118 Å². The molecule has 1 heterocycles. The Morgan fingerprint density at radius 1 is 1.44 bits per heavy atom. The van der Waals surface area contributed by atoms with Crippen molar-refractivity contribution in [3.05, 3.63) is 39.3 Å². The van der Waals surface area contributed by atoms with Crippen LogP contribution in [-0.2, 0) is 11.2 Å². The van der Waals surface area contributed by atoms with Crippen molar-refractivity contribution in [1.29, 1.82) is 0 Å². The molecule has 0 aliphatic heterocycles. The van der Waals surface area contributed by atoms with Crippen LogP contribution in [0.2, 0.25) is 10.0 Å². The van der Waals surface area contributed by atoms with Gasteiger partial charge < -0.3 is 11.1 Å². The van der Waals surface area contributed by atoms with Gasteiger partial charge in [0.15, 0.2) is 5.13 Å². The first-order valence-electron chi connectivity index (χ1n) is 5.00. The minimum Gasteiger partial charge on any atom is -0.375 e. The zero-order chi connectivity index (χ0) is 13.1. The van der Waals surface area contributed by atoms with E-state index in [9.17, 15) is 4.79 Å². The van der Waals surface area contributed by atoms with E-state index >= 15 is 0 Å². The number of hydrogen-bond donors (Lipinski definition) is 2. The number of halogens is 2. The summed E-state index contributed by atoms with van der Waals surface area (Å²) in [5, 5.41) is 5.59. The van der Waals surface area contributed by atoms with E-state index in [-0.39, 0.29) is 12.3 Å². The number of benzene rings is 1. The number of carbonyl (C=O) groups is 1. The van der Waals surface area contributed by atoms with Gasteiger partial charge in [-0.15, -0.1) is 11.3 Å². The Morgan fingerprint density at radius 3 is 2.89 bits per heavy atom. The highest BCUT2D eigenvalue weighted by atomic mass is 35.5. The van der Waals surface area contributed by atoms with E-state index in [2.05, 4.69) is 10.3 Å². The summed E-state index contributed by atoms with van der Waals surface area (Å²) in [6.45, 7) is 0. The van der Waals surface area contributed by atoms with Gasteiger partial charge >= 0.3 is 0 Å². The normalized spacial score (nSPS) is 10.3. The molecule has 7 heteroatoms. The Morgan fingerprint density at radius 2 is 2.22 bits per heavy atom. The number of amides is 1. The molecular formula is C11H9Cl2N3OS. The average Bonchev–Trinajstić information content (AvgIpc) is 2.70. The maximum atomic E-state index is 11.8. The third kappa shape index (κ3) is 3.13. The summed E-state index contributed by atoms with van der Waals surface area (Å²) in [7, 11) is 0. The number of rotatable bonds is 3. The number of aromatic nitrogens is 1. The molecule has 1 amide bonds. The first-order chi connectivity index (χ1) is 8.56. The van der Waals surface area contributed by atoms with Gasteiger partial charge in [-0.25, -0.2) is 4.98 Å². The highest BCUT2D eigenvalue weighted by Crippen LogP contribution is 2.29. The highest BCUT2D eigenvalue weighted by Gasteiger charge is 2.10. The first kappa shape index (κ1) is 13.1. The van der Waals surface area contributed by atoms with Gasteiger partial charge in [0, 0.05) is 5.38 Å². The third-order valence-corrected chi connectivity index (χ3v) is 3.68. The fourth-order valence-corrected chi connectivity index (χ4v) is 2.27. The predicted molar refractivity (Wildman–Crippen MR) is 75.3 cm³/mol. The predicted octanol–water partition coefficient (Wildman–Crippen LogP) is 3.21. The summed E-state index contributed by atoms with van der Waals surface area (Å²) in [4.78, 5) is 15.8. The molecule has 0 atom stereocenters. The molecule has 1 aromatic carbocycles. The topological polar surface area (TPSA) is 68.0 Å². The molecule has 0 radical (unpaired) electrons. The maximum absolute atomic E-state index is 11.8. The first-order valence-corrected chi connectivity index (χ1v) is 6.63. The van der Waals surface area contributed by atoms with Crippen LogP contribution in [0.5, 0.6) is 0 Å². The number of nitrogens with zero attached hydrogens (tertiary/aromatic N) is 1. The average molecular weight is 302 g/mol. The fraction of sp³-hybridized carbons (Fsp3) is 0.0909. The second-order valence-corrected chi connectivity index (χ2v) is 5.18. The molecule has 0 spiro atoms. The molecule has 2 aromatic rings. The van der Waals surface area contributed by atoms with Crippen LogP contribution in [0.3, 0.4) is 0 Å². The summed E-state index contributed by atoms with van der Waals surface area (Å²) in [6, 6.07) is 5.05. The van der Waals surface area contributed by atoms with Gasteiger partial charge in [0.05, 0.1) is 27.8 Å². The fourth-order valence-electron chi connectivity index (χ4n) is 1.36. The largest absolute Gasteiger partial charge is 0.375 e. The van der Waals surface area contributed by atoms with Crippen molar-refractivity contribution in [2.45, 2.75) is 6.42 Å². The van der Waals surface area contributed by atoms with E-state index in [4.69, 9.17) is 28.9 Å². The van der Waals surface area contributed by atoms with Crippen LogP contribution >= 0.6 is 34.5 Å². The van der Waals surface area contributed by atoms with Gasteiger partial charge in [-0.1, -0.05) is 29.3 Å². The number of nitrogens with one attached hydrogen (secondary N) is 1. The standard InChI is InChI=1S/C11H9Cl2N3OS/c12-7-2-1-3-8(10(7)13)16-9(17)4-6-5-18-11(14)15-6/h1-3,5H,4H2,(H2,14,15)(H,16,17). The minimum absolute atomic E-state index is 0.149. The summed E-state index contributed by atoms with van der Waals surface area (Å²) in [6.07, 6.45) is 0.149. The quantitative estimate of drug-likeness (QED) is 0.914. The van der Waals surface area contributed by atoms with Gasteiger partial charge in [-0.05, 0) is 12.1 Å². The Hall–Kier alpha value is -1.30. The second-order valence-electron chi connectivity index (χ2n) is 3.50. The molecule has 0 saturated heterocycles. The van der Waals surface area contributed by atoms with Crippen LogP contribution in [0.1, 0.15) is 5.69 Å². The SMILES string of the molecule is Nc1nc(CC(=O)Nc2cccc(Cl)c2Cl)cs1. The molecule has 4 nitrogen and oxygen atoms in total. The van der Waals surface area contributed by atoms with Gasteiger partial charge in [0.25, 0.3) is 0 Å². The van der Waals surface area contributed by atoms with Crippen molar-refractivity contribution < 1.29 is 4.79 Å². The van der Waals surface area contributed by atoms with Crippen molar-refractivity contribution in [1.82, 2.24) is 4.98 Å². The summed E-state index contributed by atoms with van der Waals surface area (Å²) in [5.41, 5.74) is 6.60. The maximum Gasteiger partial charge on any atom is 0.230 e. The van der Waals surface area contributed by atoms with Crippen molar-refractivity contribution in [2.75, 3.05) is 11.1 Å². The lowest BCUT2D eigenvalue weighted by molar-refractivity contribution is -0.115. The smallest absolute Gasteiger partial charge is 0.230 e. The molecule has 2 rings (SSSR count). The van der Waals surface area contributed by atoms with Crippen molar-refractivity contribution in [3.8, 4) is 0 Å². The number of nitrogen functional groups attached to an aromatic ring is 1. The van der Waals surface area contributed by atoms with Gasteiger partial charge in [0.2, 0.25) is 5.91 Å². The highest BCUT2D eigenvalue weighted by molar-refractivity contribution is 7.13. The van der Waals surface area contributed by atoms with Gasteiger partial charge in [-0.2, -0.15) is 0 Å². The molecule has 1 aromatic heterocycles. The van der Waals surface area contributed by atoms with Crippen LogP contribution in [0, 0.1) is 0 Å². The number of carbonyl (C=O) groups excluding carboxylic acids is 1. The van der Waals surface area contributed by atoms with E-state index < -0.39 is 0 Å². The molecule has 0 aliphatic carbocycles. The van der Waals surface area contributed by atoms with Crippen LogP contribution in [0.15, 0.2) is 23.6 Å². The molecule has 0 aliphatic rings. The number of thiazole rings is 1. The van der Waals surface area contributed by atoms with Crippen molar-refractivity contribution in [2.24, 2.45) is 0 Å². The van der Waals surface area contributed by atoms with Crippen LogP contribution in [0.25, 0.3) is 0 Å². The molecule has 0 fully saturated rings. The van der Waals surface area contributed by atoms with E-state index in [0.29, 0.717) is 26.6 Å². The van der Waals surface area contributed by atoms with Crippen LogP contribution in [-0.4, -0.2) is 10.9 Å². The summed E-state index contributed by atoms with van der Waals surface area (Å²) < 4.78 is 0. The van der Waals surface area contributed by atoms with Crippen molar-refractivity contribution >= 4 is 51.3 Å². The molecule has 18 heavy (non-hydrogen) atoms. The van der Waals surface area contributed by atoms with Crippen LogP contribution in [0.4, 0.5) is 10.8 Å². The minimum atomic E-state index is -0.218. The molecule has 0 unspecified atom stereocenters. The monoisotopic (exact) mass is 301 g/mol. The molecule has 94 valence electrons. The Kier molecular flexibility index (Phi) is 4.06. The molecular weight excluding hydrogens is 293 g/mol. The van der Waals surface area contributed by atoms with Crippen LogP contribution < -0.4 is 11.1 Å². The lowest BCUT2D eigenvalue weighted by atomic mass is 10.3. The lowest BCUT2D eigenvalue weighted by Gasteiger charge is -2.07. The number of nitrogens with two attached hydrogens (primary N) is 1. The zero-order valence-corrected chi connectivity index (χ0v) is 11.4. The number of hydrogen-bond acceptors (Lipinski definition) is 4. The summed E-state index contributed by atoms with van der Waals surface area (Å²) >= 11 is 13.1. The second kappa shape index (κ2) is 5.56. The molecule has 0 saturated carbocycles. The Bertz CT molecular complexity index is 585. The van der Waals surface area contributed by atoms with E-state index in [1.165, 1.54) is 11.3 Å². The van der Waals surface area contributed by atoms with E-state index in [1.54, 1.807) is 23.6 Å². The van der Waals surface area contributed by atoms with Gasteiger partial charge in [-0.3, -0.25) is 4.79 Å². The molecule has 0 bridgehead atoms. The van der Waals surface area contributed by atoms with Gasteiger partial charge in [0.1, 0.15) is 0 Å². The van der Waals surface area contributed by atoms with Crippen molar-refractivity contribution in [3.63, 3.8) is 0 Å². The number of anilines is 2. The molecule has 3 N–H and O–H groups in total. The summed E-state index contributed by atoms with van der Waals surface area (Å²) in [5.74, 6) is -0.218. The zero-order valence-electron chi connectivity index (χ0n) is 9.11. The van der Waals surface area contributed by atoms with E-state index in [0.717, 1.165) is 0 Å². The Balaban J connectivity index is 2.05.